The van der Waals surface area contributed by atoms with Crippen molar-refractivity contribution in [3.8, 4) is 0 Å². The summed E-state index contributed by atoms with van der Waals surface area (Å²) in [6.07, 6.45) is 11.8. The maximum atomic E-state index is 12.7. The molecule has 3 amide bonds. The lowest BCUT2D eigenvalue weighted by Gasteiger charge is -2.50. The van der Waals surface area contributed by atoms with Crippen molar-refractivity contribution in [1.82, 2.24) is 20.0 Å². The van der Waals surface area contributed by atoms with Gasteiger partial charge in [0, 0.05) is 56.8 Å². The summed E-state index contributed by atoms with van der Waals surface area (Å²) in [5, 5.41) is 3.17. The normalized spacial score (nSPS) is 33.5. The molecule has 3 heterocycles. The summed E-state index contributed by atoms with van der Waals surface area (Å²) in [7, 11) is 0. The Kier molecular flexibility index (Phi) is 5.24. The van der Waals surface area contributed by atoms with E-state index in [9.17, 15) is 9.59 Å². The standard InChI is InChI=1S/C22H36N4O2/c27-21(16-5-6-16)25-13-7-18(8-14-25)24-11-9-19(10-12-24)26-20-4-2-1-3-17(20)15-23-22(26)28/h16-20H,1-15H2,(H,23,28)/t17-,20+/m1/s1. The van der Waals surface area contributed by atoms with Gasteiger partial charge in [-0.15, -0.1) is 0 Å². The highest BCUT2D eigenvalue weighted by Gasteiger charge is 2.42. The van der Waals surface area contributed by atoms with Gasteiger partial charge >= 0.3 is 6.03 Å². The third-order valence-electron chi connectivity index (χ3n) is 8.09. The van der Waals surface area contributed by atoms with Gasteiger partial charge in [0.15, 0.2) is 0 Å². The molecule has 5 rings (SSSR count). The Balaban J connectivity index is 1.13. The molecule has 1 N–H and O–H groups in total. The molecule has 2 saturated carbocycles. The smallest absolute Gasteiger partial charge is 0.317 e. The summed E-state index contributed by atoms with van der Waals surface area (Å²) in [4.78, 5) is 31.9. The van der Waals surface area contributed by atoms with E-state index in [1.54, 1.807) is 0 Å². The van der Waals surface area contributed by atoms with Gasteiger partial charge in [0.2, 0.25) is 5.91 Å². The first-order valence-corrected chi connectivity index (χ1v) is 11.8. The van der Waals surface area contributed by atoms with Crippen molar-refractivity contribution in [1.29, 1.82) is 0 Å². The molecule has 0 unspecified atom stereocenters. The minimum Gasteiger partial charge on any atom is -0.342 e. The fourth-order valence-corrected chi connectivity index (χ4v) is 6.26. The van der Waals surface area contributed by atoms with E-state index in [4.69, 9.17) is 0 Å². The Morgan fingerprint density at radius 2 is 1.50 bits per heavy atom. The average molecular weight is 389 g/mol. The Bertz CT molecular complexity index is 591. The minimum atomic E-state index is 0.188. The summed E-state index contributed by atoms with van der Waals surface area (Å²) in [6.45, 7) is 4.98. The molecule has 2 aliphatic carbocycles. The second-order valence-corrected chi connectivity index (χ2v) is 9.80. The highest BCUT2D eigenvalue weighted by Crippen LogP contribution is 2.35. The molecular weight excluding hydrogens is 352 g/mol. The molecule has 0 spiro atoms. The van der Waals surface area contributed by atoms with Gasteiger partial charge in [-0.3, -0.25) is 4.79 Å². The van der Waals surface area contributed by atoms with Crippen LogP contribution in [0, 0.1) is 11.8 Å². The van der Waals surface area contributed by atoms with Crippen molar-refractivity contribution in [3.05, 3.63) is 0 Å². The molecule has 0 aromatic carbocycles. The number of urea groups is 1. The highest BCUT2D eigenvalue weighted by atomic mass is 16.2. The summed E-state index contributed by atoms with van der Waals surface area (Å²) in [6, 6.07) is 1.71. The van der Waals surface area contributed by atoms with Crippen LogP contribution in [-0.4, -0.2) is 77.5 Å². The summed E-state index contributed by atoms with van der Waals surface area (Å²) in [5.74, 6) is 1.43. The largest absolute Gasteiger partial charge is 0.342 e. The van der Waals surface area contributed by atoms with Crippen molar-refractivity contribution < 1.29 is 9.59 Å². The zero-order valence-electron chi connectivity index (χ0n) is 17.2. The number of likely N-dealkylation sites (tertiary alicyclic amines) is 2. The zero-order chi connectivity index (χ0) is 19.1. The van der Waals surface area contributed by atoms with Gasteiger partial charge in [0.25, 0.3) is 0 Å². The number of rotatable bonds is 3. The van der Waals surface area contributed by atoms with Crippen LogP contribution in [0.15, 0.2) is 0 Å². The number of hydrogen-bond acceptors (Lipinski definition) is 3. The molecule has 6 nitrogen and oxygen atoms in total. The summed E-state index contributed by atoms with van der Waals surface area (Å²) < 4.78 is 0. The monoisotopic (exact) mass is 388 g/mol. The van der Waals surface area contributed by atoms with E-state index in [0.29, 0.717) is 35.9 Å². The van der Waals surface area contributed by atoms with Gasteiger partial charge in [-0.2, -0.15) is 0 Å². The molecule has 28 heavy (non-hydrogen) atoms. The Labute approximate surface area is 169 Å². The number of nitrogens with one attached hydrogen (secondary N) is 1. The Morgan fingerprint density at radius 1 is 0.821 bits per heavy atom. The molecule has 3 saturated heterocycles. The van der Waals surface area contributed by atoms with Crippen LogP contribution in [0.25, 0.3) is 0 Å². The van der Waals surface area contributed by atoms with E-state index in [-0.39, 0.29) is 6.03 Å². The number of fused-ring (bicyclic) bond motifs is 1. The molecular formula is C22H36N4O2. The first-order chi connectivity index (χ1) is 13.7. The number of amides is 3. The first-order valence-electron chi connectivity index (χ1n) is 11.8. The van der Waals surface area contributed by atoms with Crippen LogP contribution in [-0.2, 0) is 4.79 Å². The average Bonchev–Trinajstić information content (AvgIpc) is 3.59. The van der Waals surface area contributed by atoms with Crippen LogP contribution in [0.1, 0.15) is 64.2 Å². The van der Waals surface area contributed by atoms with Crippen LogP contribution < -0.4 is 5.32 Å². The first kappa shape index (κ1) is 18.7. The summed E-state index contributed by atoms with van der Waals surface area (Å²) >= 11 is 0. The molecule has 2 atom stereocenters. The molecule has 6 heteroatoms. The van der Waals surface area contributed by atoms with Crippen molar-refractivity contribution in [2.24, 2.45) is 11.8 Å². The lowest BCUT2D eigenvalue weighted by molar-refractivity contribution is -0.134. The number of carbonyl (C=O) groups is 2. The van der Waals surface area contributed by atoms with E-state index in [1.807, 2.05) is 0 Å². The van der Waals surface area contributed by atoms with Gasteiger partial charge in [0.05, 0.1) is 0 Å². The Morgan fingerprint density at radius 3 is 2.21 bits per heavy atom. The van der Waals surface area contributed by atoms with Gasteiger partial charge in [-0.25, -0.2) is 4.79 Å². The third kappa shape index (κ3) is 3.64. The van der Waals surface area contributed by atoms with E-state index in [0.717, 1.165) is 71.2 Å². The lowest BCUT2D eigenvalue weighted by Crippen LogP contribution is -2.63. The zero-order valence-corrected chi connectivity index (χ0v) is 17.2. The van der Waals surface area contributed by atoms with Crippen molar-refractivity contribution in [2.45, 2.75) is 82.3 Å². The van der Waals surface area contributed by atoms with Crippen LogP contribution in [0.5, 0.6) is 0 Å². The van der Waals surface area contributed by atoms with Gasteiger partial charge in [-0.05, 0) is 57.3 Å². The topological polar surface area (TPSA) is 55.9 Å². The quantitative estimate of drug-likeness (QED) is 0.808. The molecule has 5 aliphatic rings. The molecule has 156 valence electrons. The number of piperidine rings is 2. The van der Waals surface area contributed by atoms with Gasteiger partial charge in [0.1, 0.15) is 0 Å². The van der Waals surface area contributed by atoms with E-state index in [1.165, 1.54) is 25.7 Å². The second-order valence-electron chi connectivity index (χ2n) is 9.80. The van der Waals surface area contributed by atoms with Gasteiger partial charge in [-0.1, -0.05) is 12.8 Å². The van der Waals surface area contributed by atoms with Crippen molar-refractivity contribution >= 4 is 11.9 Å². The SMILES string of the molecule is O=C(C1CC1)N1CCC(N2CCC(N3C(=O)NC[C@H]4CCCC[C@@H]43)CC2)CC1. The van der Waals surface area contributed by atoms with Crippen molar-refractivity contribution in [2.75, 3.05) is 32.7 Å². The van der Waals surface area contributed by atoms with Crippen molar-refractivity contribution in [3.63, 3.8) is 0 Å². The van der Waals surface area contributed by atoms with E-state index < -0.39 is 0 Å². The molecule has 0 aromatic rings. The fourth-order valence-electron chi connectivity index (χ4n) is 6.26. The molecule has 0 radical (unpaired) electrons. The maximum Gasteiger partial charge on any atom is 0.317 e. The van der Waals surface area contributed by atoms with Crippen LogP contribution >= 0.6 is 0 Å². The number of carbonyl (C=O) groups excluding carboxylic acids is 2. The van der Waals surface area contributed by atoms with Gasteiger partial charge < -0.3 is 20.0 Å². The predicted octanol–water partition coefficient (Wildman–Crippen LogP) is 2.44. The highest BCUT2D eigenvalue weighted by molar-refractivity contribution is 5.81. The fraction of sp³-hybridized carbons (Fsp3) is 0.909. The number of hydrogen-bond donors (Lipinski definition) is 1. The second kappa shape index (κ2) is 7.85. The van der Waals surface area contributed by atoms with E-state index in [2.05, 4.69) is 20.0 Å². The number of nitrogens with zero attached hydrogens (tertiary/aromatic N) is 3. The Hall–Kier alpha value is -1.30. The molecule has 0 bridgehead atoms. The third-order valence-corrected chi connectivity index (χ3v) is 8.09. The molecule has 5 fully saturated rings. The minimum absolute atomic E-state index is 0.188. The van der Waals surface area contributed by atoms with Crippen LogP contribution in [0.3, 0.4) is 0 Å². The molecule has 3 aliphatic heterocycles. The lowest BCUT2D eigenvalue weighted by atomic mass is 9.81. The maximum absolute atomic E-state index is 12.7. The van der Waals surface area contributed by atoms with Crippen LogP contribution in [0.2, 0.25) is 0 Å². The summed E-state index contributed by atoms with van der Waals surface area (Å²) in [5.41, 5.74) is 0. The predicted molar refractivity (Wildman–Crippen MR) is 108 cm³/mol. The van der Waals surface area contributed by atoms with E-state index >= 15 is 0 Å². The molecule has 0 aromatic heterocycles. The van der Waals surface area contributed by atoms with Crippen LogP contribution in [0.4, 0.5) is 4.79 Å².